The smallest absolute Gasteiger partial charge is 0.119 e. The highest BCUT2D eigenvalue weighted by Gasteiger charge is 2.13. The van der Waals surface area contributed by atoms with Crippen LogP contribution in [0.5, 0.6) is 5.75 Å². The molecule has 118 valence electrons. The van der Waals surface area contributed by atoms with Crippen LogP contribution in [0.4, 0.5) is 5.69 Å². The average molecular weight is 402 g/mol. The summed E-state index contributed by atoms with van der Waals surface area (Å²) in [6.45, 7) is 7.09. The van der Waals surface area contributed by atoms with Crippen LogP contribution < -0.4 is 9.64 Å². The molecule has 0 spiro atoms. The molecule has 0 saturated heterocycles. The Morgan fingerprint density at radius 2 is 1.76 bits per heavy atom. The zero-order valence-electron chi connectivity index (χ0n) is 13.1. The summed E-state index contributed by atoms with van der Waals surface area (Å²) in [5, 5.41) is 0. The largest absolute Gasteiger partial charge is 0.494 e. The number of benzene rings is 1. The molecule has 1 aliphatic heterocycles. The van der Waals surface area contributed by atoms with Crippen LogP contribution in [0, 0.1) is 0 Å². The molecule has 0 fully saturated rings. The molecule has 1 aliphatic rings. The second-order valence-corrected chi connectivity index (χ2v) is 5.21. The van der Waals surface area contributed by atoms with Gasteiger partial charge in [0.15, 0.2) is 0 Å². The zero-order chi connectivity index (χ0) is 14.2. The molecule has 1 heterocycles. The molecular formula is C17H27IN2O. The lowest BCUT2D eigenvalue weighted by atomic mass is 10.2. The van der Waals surface area contributed by atoms with E-state index in [-0.39, 0.29) is 24.0 Å². The van der Waals surface area contributed by atoms with E-state index < -0.39 is 0 Å². The average Bonchev–Trinajstić information content (AvgIpc) is 2.94. The molecule has 0 N–H and O–H groups in total. The van der Waals surface area contributed by atoms with Crippen LogP contribution in [0.3, 0.4) is 0 Å². The Morgan fingerprint density at radius 1 is 1.00 bits per heavy atom. The van der Waals surface area contributed by atoms with E-state index in [1.54, 1.807) is 0 Å². The van der Waals surface area contributed by atoms with Gasteiger partial charge in [-0.05, 0) is 37.6 Å². The Morgan fingerprint density at radius 3 is 2.43 bits per heavy atom. The first-order valence-electron chi connectivity index (χ1n) is 7.75. The number of ether oxygens (including phenoxy) is 1. The van der Waals surface area contributed by atoms with Crippen molar-refractivity contribution >= 4 is 29.7 Å². The maximum Gasteiger partial charge on any atom is 0.119 e. The number of nitrogens with zero attached hydrogens (tertiary/aromatic N) is 2. The van der Waals surface area contributed by atoms with Crippen LogP contribution in [0.1, 0.15) is 39.5 Å². The minimum Gasteiger partial charge on any atom is -0.494 e. The minimum absolute atomic E-state index is 0. The fourth-order valence-corrected chi connectivity index (χ4v) is 2.42. The number of unbranched alkanes of at least 4 members (excludes halogenated alkanes) is 3. The van der Waals surface area contributed by atoms with Crippen LogP contribution in [0.25, 0.3) is 0 Å². The summed E-state index contributed by atoms with van der Waals surface area (Å²) in [5.41, 5.74) is 1.22. The van der Waals surface area contributed by atoms with Crippen LogP contribution >= 0.6 is 24.0 Å². The Kier molecular flexibility index (Phi) is 8.57. The SMILES string of the molecule is CCCCCCN1C=CN(c2ccc(OCC)cc2)C1.I. The highest BCUT2D eigenvalue weighted by Crippen LogP contribution is 2.22. The molecule has 3 nitrogen and oxygen atoms in total. The van der Waals surface area contributed by atoms with Crippen LogP contribution in [-0.4, -0.2) is 24.7 Å². The van der Waals surface area contributed by atoms with E-state index in [4.69, 9.17) is 4.74 Å². The molecule has 1 aromatic rings. The number of hydrogen-bond acceptors (Lipinski definition) is 3. The topological polar surface area (TPSA) is 15.7 Å². The Hall–Kier alpha value is -0.910. The van der Waals surface area contributed by atoms with Gasteiger partial charge in [-0.2, -0.15) is 0 Å². The second kappa shape index (κ2) is 9.92. The first-order valence-corrected chi connectivity index (χ1v) is 7.75. The second-order valence-electron chi connectivity index (χ2n) is 5.21. The summed E-state index contributed by atoms with van der Waals surface area (Å²) in [6.07, 6.45) is 9.63. The van der Waals surface area contributed by atoms with Gasteiger partial charge in [0.2, 0.25) is 0 Å². The maximum atomic E-state index is 5.47. The van der Waals surface area contributed by atoms with E-state index in [0.717, 1.165) is 19.0 Å². The molecule has 0 saturated carbocycles. The monoisotopic (exact) mass is 402 g/mol. The van der Waals surface area contributed by atoms with Gasteiger partial charge in [-0.1, -0.05) is 26.2 Å². The van der Waals surface area contributed by atoms with Crippen LogP contribution in [0.15, 0.2) is 36.7 Å². The fraction of sp³-hybridized carbons (Fsp3) is 0.529. The van der Waals surface area contributed by atoms with Crippen LogP contribution in [0.2, 0.25) is 0 Å². The predicted molar refractivity (Wildman–Crippen MR) is 100 cm³/mol. The van der Waals surface area contributed by atoms with E-state index >= 15 is 0 Å². The molecular weight excluding hydrogens is 375 g/mol. The van der Waals surface area contributed by atoms with Gasteiger partial charge in [-0.15, -0.1) is 24.0 Å². The number of rotatable bonds is 8. The van der Waals surface area contributed by atoms with Gasteiger partial charge in [0, 0.05) is 24.6 Å². The molecule has 0 unspecified atom stereocenters. The van der Waals surface area contributed by atoms with Gasteiger partial charge < -0.3 is 14.5 Å². The molecule has 0 bridgehead atoms. The third-order valence-electron chi connectivity index (χ3n) is 3.57. The van der Waals surface area contributed by atoms with Crippen molar-refractivity contribution in [3.8, 4) is 5.75 Å². The summed E-state index contributed by atoms with van der Waals surface area (Å²) in [7, 11) is 0. The molecule has 0 atom stereocenters. The lowest BCUT2D eigenvalue weighted by Gasteiger charge is -2.21. The van der Waals surface area contributed by atoms with E-state index in [1.165, 1.54) is 31.4 Å². The third-order valence-corrected chi connectivity index (χ3v) is 3.57. The summed E-state index contributed by atoms with van der Waals surface area (Å²) in [4.78, 5) is 4.65. The number of hydrogen-bond donors (Lipinski definition) is 0. The minimum atomic E-state index is 0. The molecule has 0 aliphatic carbocycles. The summed E-state index contributed by atoms with van der Waals surface area (Å²) >= 11 is 0. The van der Waals surface area contributed by atoms with Crippen molar-refractivity contribution in [2.24, 2.45) is 0 Å². The molecule has 1 aromatic carbocycles. The summed E-state index contributed by atoms with van der Waals surface area (Å²) in [5.74, 6) is 0.941. The Bertz CT molecular complexity index is 419. The van der Waals surface area contributed by atoms with Crippen molar-refractivity contribution in [1.29, 1.82) is 0 Å². The summed E-state index contributed by atoms with van der Waals surface area (Å²) < 4.78 is 5.47. The molecule has 4 heteroatoms. The van der Waals surface area contributed by atoms with E-state index in [9.17, 15) is 0 Å². The van der Waals surface area contributed by atoms with Crippen molar-refractivity contribution in [2.75, 3.05) is 24.7 Å². The van der Waals surface area contributed by atoms with Crippen LogP contribution in [-0.2, 0) is 0 Å². The van der Waals surface area contributed by atoms with Crippen molar-refractivity contribution in [1.82, 2.24) is 4.90 Å². The van der Waals surface area contributed by atoms with E-state index in [1.807, 2.05) is 19.1 Å². The van der Waals surface area contributed by atoms with Crippen molar-refractivity contribution in [3.63, 3.8) is 0 Å². The summed E-state index contributed by atoms with van der Waals surface area (Å²) in [6, 6.07) is 8.32. The maximum absolute atomic E-state index is 5.47. The standard InChI is InChI=1S/C17H26N2O.HI/c1-3-5-6-7-12-18-13-14-19(15-18)16-8-10-17(11-9-16)20-4-2;/h8-11,13-14H,3-7,12,15H2,1-2H3;1H. The Labute approximate surface area is 146 Å². The fourth-order valence-electron chi connectivity index (χ4n) is 2.42. The van der Waals surface area contributed by atoms with Gasteiger partial charge in [0.1, 0.15) is 5.75 Å². The van der Waals surface area contributed by atoms with Gasteiger partial charge in [-0.3, -0.25) is 0 Å². The first kappa shape index (κ1) is 18.1. The van der Waals surface area contributed by atoms with Gasteiger partial charge in [0.05, 0.1) is 13.3 Å². The number of anilines is 1. The highest BCUT2D eigenvalue weighted by atomic mass is 127. The molecule has 2 rings (SSSR count). The van der Waals surface area contributed by atoms with Crippen molar-refractivity contribution < 1.29 is 4.74 Å². The normalized spacial score (nSPS) is 13.4. The Balaban J connectivity index is 0.00000220. The van der Waals surface area contributed by atoms with E-state index in [0.29, 0.717) is 6.61 Å². The van der Waals surface area contributed by atoms with Crippen molar-refractivity contribution in [3.05, 3.63) is 36.7 Å². The van der Waals surface area contributed by atoms with Gasteiger partial charge in [0.25, 0.3) is 0 Å². The lowest BCUT2D eigenvalue weighted by Crippen LogP contribution is -2.25. The molecule has 21 heavy (non-hydrogen) atoms. The third kappa shape index (κ3) is 5.77. The molecule has 0 aromatic heterocycles. The van der Waals surface area contributed by atoms with Gasteiger partial charge >= 0.3 is 0 Å². The number of halogens is 1. The quantitative estimate of drug-likeness (QED) is 0.458. The predicted octanol–water partition coefficient (Wildman–Crippen LogP) is 4.83. The van der Waals surface area contributed by atoms with Crippen molar-refractivity contribution in [2.45, 2.75) is 39.5 Å². The van der Waals surface area contributed by atoms with Gasteiger partial charge in [-0.25, -0.2) is 0 Å². The van der Waals surface area contributed by atoms with E-state index in [2.05, 4.69) is 41.3 Å². The molecule has 0 radical (unpaired) electrons. The zero-order valence-corrected chi connectivity index (χ0v) is 15.5. The highest BCUT2D eigenvalue weighted by molar-refractivity contribution is 14.0. The first-order chi connectivity index (χ1) is 9.83. The molecule has 0 amide bonds. The lowest BCUT2D eigenvalue weighted by molar-refractivity contribution is 0.340.